The number of ether oxygens (including phenoxy) is 1. The van der Waals surface area contributed by atoms with Gasteiger partial charge in [-0.1, -0.05) is 32.8 Å². The maximum Gasteiger partial charge on any atom is 0.126 e. The van der Waals surface area contributed by atoms with Gasteiger partial charge in [0.25, 0.3) is 0 Å². The topological polar surface area (TPSA) is 32.7 Å². The SMILES string of the molecule is CCCCN(CCCC)c1cccc(OC)c1[C@@H](C)O. The number of anilines is 1. The molecule has 0 aliphatic rings. The normalized spacial score (nSPS) is 12.2. The molecule has 0 radical (unpaired) electrons. The Morgan fingerprint density at radius 2 is 1.75 bits per heavy atom. The highest BCUT2D eigenvalue weighted by atomic mass is 16.5. The summed E-state index contributed by atoms with van der Waals surface area (Å²) in [4.78, 5) is 2.39. The average Bonchev–Trinajstić information content (AvgIpc) is 2.46. The molecule has 0 aliphatic heterocycles. The standard InChI is InChI=1S/C17H29NO2/c1-5-7-12-18(13-8-6-2)15-10-9-11-16(20-4)17(15)14(3)19/h9-11,14,19H,5-8,12-13H2,1-4H3/t14-/m1/s1. The molecule has 1 aromatic carbocycles. The summed E-state index contributed by atoms with van der Waals surface area (Å²) in [5, 5.41) is 10.1. The fourth-order valence-corrected chi connectivity index (χ4v) is 2.46. The van der Waals surface area contributed by atoms with E-state index < -0.39 is 6.10 Å². The van der Waals surface area contributed by atoms with Crippen LogP contribution in [0.5, 0.6) is 5.75 Å². The number of methoxy groups -OCH3 is 1. The van der Waals surface area contributed by atoms with Crippen LogP contribution in [-0.2, 0) is 0 Å². The van der Waals surface area contributed by atoms with Gasteiger partial charge < -0.3 is 14.7 Å². The van der Waals surface area contributed by atoms with Gasteiger partial charge >= 0.3 is 0 Å². The van der Waals surface area contributed by atoms with E-state index in [1.54, 1.807) is 14.0 Å². The molecular formula is C17H29NO2. The van der Waals surface area contributed by atoms with Gasteiger partial charge in [-0.15, -0.1) is 0 Å². The molecule has 0 bridgehead atoms. The van der Waals surface area contributed by atoms with Crippen LogP contribution in [0.25, 0.3) is 0 Å². The van der Waals surface area contributed by atoms with Gasteiger partial charge in [0, 0.05) is 24.3 Å². The number of hydrogen-bond acceptors (Lipinski definition) is 3. The Kier molecular flexibility index (Phi) is 7.45. The summed E-state index contributed by atoms with van der Waals surface area (Å²) in [6.07, 6.45) is 4.17. The fourth-order valence-electron chi connectivity index (χ4n) is 2.46. The molecule has 0 aromatic heterocycles. The molecule has 0 amide bonds. The highest BCUT2D eigenvalue weighted by Crippen LogP contribution is 2.34. The first kappa shape index (κ1) is 16.8. The summed E-state index contributed by atoms with van der Waals surface area (Å²) >= 11 is 0. The summed E-state index contributed by atoms with van der Waals surface area (Å²) < 4.78 is 5.42. The molecule has 1 N–H and O–H groups in total. The molecule has 3 nitrogen and oxygen atoms in total. The Morgan fingerprint density at radius 3 is 2.20 bits per heavy atom. The molecule has 0 saturated carbocycles. The molecule has 1 aromatic rings. The molecule has 0 unspecified atom stereocenters. The van der Waals surface area contributed by atoms with Crippen LogP contribution in [0.4, 0.5) is 5.69 Å². The lowest BCUT2D eigenvalue weighted by molar-refractivity contribution is 0.194. The van der Waals surface area contributed by atoms with Crippen molar-refractivity contribution in [2.75, 3.05) is 25.1 Å². The predicted octanol–water partition coefficient (Wildman–Crippen LogP) is 4.16. The van der Waals surface area contributed by atoms with Crippen molar-refractivity contribution in [1.82, 2.24) is 0 Å². The Hall–Kier alpha value is -1.22. The highest BCUT2D eigenvalue weighted by molar-refractivity contribution is 5.60. The number of rotatable bonds is 9. The van der Waals surface area contributed by atoms with E-state index in [1.807, 2.05) is 12.1 Å². The number of nitrogens with zero attached hydrogens (tertiary/aromatic N) is 1. The quantitative estimate of drug-likeness (QED) is 0.737. The molecule has 0 saturated heterocycles. The van der Waals surface area contributed by atoms with Crippen LogP contribution < -0.4 is 9.64 Å². The van der Waals surface area contributed by atoms with Gasteiger partial charge in [0.2, 0.25) is 0 Å². The summed E-state index contributed by atoms with van der Waals surface area (Å²) in [5.74, 6) is 0.774. The van der Waals surface area contributed by atoms with Gasteiger partial charge in [-0.2, -0.15) is 0 Å². The van der Waals surface area contributed by atoms with Crippen molar-refractivity contribution in [2.24, 2.45) is 0 Å². The lowest BCUT2D eigenvalue weighted by atomic mass is 10.0. The number of aliphatic hydroxyl groups is 1. The van der Waals surface area contributed by atoms with E-state index in [4.69, 9.17) is 4.74 Å². The number of hydrogen-bond donors (Lipinski definition) is 1. The fraction of sp³-hybridized carbons (Fsp3) is 0.647. The second-order valence-electron chi connectivity index (χ2n) is 5.26. The van der Waals surface area contributed by atoms with Crippen LogP contribution in [0.15, 0.2) is 18.2 Å². The summed E-state index contributed by atoms with van der Waals surface area (Å²) in [6.45, 7) is 8.28. The van der Waals surface area contributed by atoms with E-state index in [2.05, 4.69) is 24.8 Å². The molecular weight excluding hydrogens is 250 g/mol. The summed E-state index contributed by atoms with van der Waals surface area (Å²) in [6, 6.07) is 6.02. The van der Waals surface area contributed by atoms with E-state index in [0.29, 0.717) is 0 Å². The first-order valence-corrected chi connectivity index (χ1v) is 7.75. The highest BCUT2D eigenvalue weighted by Gasteiger charge is 2.18. The van der Waals surface area contributed by atoms with Crippen molar-refractivity contribution >= 4 is 5.69 Å². The Balaban J connectivity index is 3.09. The minimum atomic E-state index is -0.521. The van der Waals surface area contributed by atoms with Gasteiger partial charge in [0.1, 0.15) is 5.75 Å². The summed E-state index contributed by atoms with van der Waals surface area (Å²) in [5.41, 5.74) is 2.02. The molecule has 3 heteroatoms. The second-order valence-corrected chi connectivity index (χ2v) is 5.26. The average molecular weight is 279 g/mol. The van der Waals surface area contributed by atoms with E-state index in [1.165, 1.54) is 25.7 Å². The van der Waals surface area contributed by atoms with Crippen molar-refractivity contribution in [3.8, 4) is 5.75 Å². The first-order chi connectivity index (χ1) is 9.65. The maximum atomic E-state index is 10.1. The van der Waals surface area contributed by atoms with Crippen LogP contribution in [0.3, 0.4) is 0 Å². The number of benzene rings is 1. The van der Waals surface area contributed by atoms with E-state index in [9.17, 15) is 5.11 Å². The van der Waals surface area contributed by atoms with Gasteiger partial charge in [-0.05, 0) is 31.9 Å². The van der Waals surface area contributed by atoms with Gasteiger partial charge in [0.15, 0.2) is 0 Å². The minimum absolute atomic E-state index is 0.521. The zero-order valence-corrected chi connectivity index (χ0v) is 13.4. The van der Waals surface area contributed by atoms with Crippen LogP contribution in [0, 0.1) is 0 Å². The third-order valence-electron chi connectivity index (χ3n) is 3.58. The van der Waals surface area contributed by atoms with Crippen LogP contribution in [-0.4, -0.2) is 25.3 Å². The molecule has 114 valence electrons. The third-order valence-corrected chi connectivity index (χ3v) is 3.58. The molecule has 1 rings (SSSR count). The Bertz CT molecular complexity index is 383. The van der Waals surface area contributed by atoms with E-state index in [0.717, 1.165) is 30.1 Å². The second kappa shape index (κ2) is 8.85. The molecule has 0 spiro atoms. The predicted molar refractivity (Wildman–Crippen MR) is 85.7 cm³/mol. The van der Waals surface area contributed by atoms with E-state index >= 15 is 0 Å². The Morgan fingerprint density at radius 1 is 1.15 bits per heavy atom. The number of aliphatic hydroxyl groups excluding tert-OH is 1. The zero-order valence-electron chi connectivity index (χ0n) is 13.4. The molecule has 0 fully saturated rings. The largest absolute Gasteiger partial charge is 0.496 e. The van der Waals surface area contributed by atoms with Crippen molar-refractivity contribution < 1.29 is 9.84 Å². The molecule has 0 aliphatic carbocycles. The lowest BCUT2D eigenvalue weighted by Gasteiger charge is -2.29. The van der Waals surface area contributed by atoms with E-state index in [-0.39, 0.29) is 0 Å². The minimum Gasteiger partial charge on any atom is -0.496 e. The van der Waals surface area contributed by atoms with Crippen LogP contribution in [0.1, 0.15) is 58.1 Å². The van der Waals surface area contributed by atoms with Gasteiger partial charge in [0.05, 0.1) is 13.2 Å². The van der Waals surface area contributed by atoms with Crippen molar-refractivity contribution in [3.05, 3.63) is 23.8 Å². The summed E-state index contributed by atoms with van der Waals surface area (Å²) in [7, 11) is 1.66. The van der Waals surface area contributed by atoms with Gasteiger partial charge in [-0.3, -0.25) is 0 Å². The van der Waals surface area contributed by atoms with Crippen molar-refractivity contribution in [3.63, 3.8) is 0 Å². The molecule has 20 heavy (non-hydrogen) atoms. The third kappa shape index (κ3) is 4.41. The zero-order chi connectivity index (χ0) is 15.0. The molecule has 0 heterocycles. The Labute approximate surface area is 123 Å². The van der Waals surface area contributed by atoms with Crippen molar-refractivity contribution in [2.45, 2.75) is 52.6 Å². The smallest absolute Gasteiger partial charge is 0.126 e. The lowest BCUT2D eigenvalue weighted by Crippen LogP contribution is -2.27. The monoisotopic (exact) mass is 279 g/mol. The van der Waals surface area contributed by atoms with Crippen molar-refractivity contribution in [1.29, 1.82) is 0 Å². The van der Waals surface area contributed by atoms with Crippen LogP contribution >= 0.6 is 0 Å². The number of unbranched alkanes of at least 4 members (excludes halogenated alkanes) is 2. The molecule has 1 atom stereocenters. The van der Waals surface area contributed by atoms with Gasteiger partial charge in [-0.25, -0.2) is 0 Å². The maximum absolute atomic E-state index is 10.1. The van der Waals surface area contributed by atoms with Crippen LogP contribution in [0.2, 0.25) is 0 Å². The first-order valence-electron chi connectivity index (χ1n) is 7.75.